The van der Waals surface area contributed by atoms with Gasteiger partial charge in [0.2, 0.25) is 5.91 Å². The summed E-state index contributed by atoms with van der Waals surface area (Å²) in [6.07, 6.45) is 5.54. The summed E-state index contributed by atoms with van der Waals surface area (Å²) in [6, 6.07) is -0.351. The van der Waals surface area contributed by atoms with E-state index in [4.69, 9.17) is 5.73 Å². The third-order valence-electron chi connectivity index (χ3n) is 1.62. The van der Waals surface area contributed by atoms with E-state index in [9.17, 15) is 4.79 Å². The van der Waals surface area contributed by atoms with Crippen LogP contribution in [0, 0.1) is 0 Å². The molecule has 0 saturated heterocycles. The molecular weight excluding hydrogens is 152 g/mol. The van der Waals surface area contributed by atoms with Crippen LogP contribution in [0.15, 0.2) is 12.2 Å². The van der Waals surface area contributed by atoms with Crippen molar-refractivity contribution in [1.82, 2.24) is 5.32 Å². The smallest absolute Gasteiger partial charge is 0.236 e. The number of nitrogens with two attached hydrogens (primary N) is 1. The molecule has 3 N–H and O–H groups in total. The zero-order valence-corrected chi connectivity index (χ0v) is 7.84. The van der Waals surface area contributed by atoms with Crippen molar-refractivity contribution in [2.45, 2.75) is 32.7 Å². The van der Waals surface area contributed by atoms with Crippen LogP contribution < -0.4 is 11.1 Å². The quantitative estimate of drug-likeness (QED) is 0.474. The summed E-state index contributed by atoms with van der Waals surface area (Å²) < 4.78 is 0. The Hall–Kier alpha value is -0.830. The molecule has 0 fully saturated rings. The molecule has 1 amide bonds. The number of carbonyl (C=O) groups excluding carboxylic acids is 1. The molecule has 0 radical (unpaired) electrons. The Balaban J connectivity index is 3.43. The Morgan fingerprint density at radius 3 is 2.83 bits per heavy atom. The average Bonchev–Trinajstić information content (AvgIpc) is 2.10. The standard InChI is InChI=1S/C9H18N2O/c1-3-5-6-7-11-9(12)8(10)4-2/h3,5,8H,4,6-7,10H2,1-2H3,(H,11,12)/b5-3+/t8-/m0/s1. The third-order valence-corrected chi connectivity index (χ3v) is 1.62. The van der Waals surface area contributed by atoms with E-state index >= 15 is 0 Å². The normalized spacial score (nSPS) is 13.2. The van der Waals surface area contributed by atoms with Gasteiger partial charge in [0.05, 0.1) is 6.04 Å². The Kier molecular flexibility index (Phi) is 6.38. The van der Waals surface area contributed by atoms with E-state index in [0.717, 1.165) is 6.42 Å². The van der Waals surface area contributed by atoms with Gasteiger partial charge in [-0.3, -0.25) is 4.79 Å². The third kappa shape index (κ3) is 4.91. The van der Waals surface area contributed by atoms with E-state index in [2.05, 4.69) is 5.32 Å². The first kappa shape index (κ1) is 11.2. The maximum atomic E-state index is 11.1. The fourth-order valence-electron chi connectivity index (χ4n) is 0.762. The van der Waals surface area contributed by atoms with Crippen molar-refractivity contribution in [2.24, 2.45) is 5.73 Å². The molecule has 12 heavy (non-hydrogen) atoms. The Bertz CT molecular complexity index is 155. The molecule has 0 unspecified atom stereocenters. The van der Waals surface area contributed by atoms with Gasteiger partial charge in [0.1, 0.15) is 0 Å². The topological polar surface area (TPSA) is 55.1 Å². The second-order valence-electron chi connectivity index (χ2n) is 2.66. The van der Waals surface area contributed by atoms with Gasteiger partial charge >= 0.3 is 0 Å². The van der Waals surface area contributed by atoms with Gasteiger partial charge in [-0.25, -0.2) is 0 Å². The van der Waals surface area contributed by atoms with Crippen LogP contribution >= 0.6 is 0 Å². The molecule has 0 aromatic heterocycles. The van der Waals surface area contributed by atoms with Crippen LogP contribution in [0.2, 0.25) is 0 Å². The summed E-state index contributed by atoms with van der Waals surface area (Å²) in [5.74, 6) is -0.0537. The van der Waals surface area contributed by atoms with Gasteiger partial charge in [0.25, 0.3) is 0 Å². The minimum Gasteiger partial charge on any atom is -0.354 e. The van der Waals surface area contributed by atoms with E-state index in [-0.39, 0.29) is 11.9 Å². The first-order chi connectivity index (χ1) is 5.72. The lowest BCUT2D eigenvalue weighted by Crippen LogP contribution is -2.40. The van der Waals surface area contributed by atoms with E-state index in [1.54, 1.807) is 0 Å². The van der Waals surface area contributed by atoms with Crippen LogP contribution in [0.25, 0.3) is 0 Å². The lowest BCUT2D eigenvalue weighted by atomic mass is 10.2. The highest BCUT2D eigenvalue weighted by Crippen LogP contribution is 1.86. The van der Waals surface area contributed by atoms with Gasteiger partial charge in [-0.05, 0) is 19.8 Å². The zero-order chi connectivity index (χ0) is 9.40. The minimum absolute atomic E-state index is 0.0537. The fourth-order valence-corrected chi connectivity index (χ4v) is 0.762. The van der Waals surface area contributed by atoms with Crippen LogP contribution in [-0.4, -0.2) is 18.5 Å². The number of amides is 1. The molecule has 0 spiro atoms. The molecule has 0 saturated carbocycles. The summed E-state index contributed by atoms with van der Waals surface area (Å²) in [5.41, 5.74) is 5.50. The molecule has 70 valence electrons. The molecule has 1 atom stereocenters. The minimum atomic E-state index is -0.351. The highest BCUT2D eigenvalue weighted by Gasteiger charge is 2.08. The average molecular weight is 170 g/mol. The molecule has 0 rings (SSSR count). The number of nitrogens with one attached hydrogen (secondary N) is 1. The summed E-state index contributed by atoms with van der Waals surface area (Å²) >= 11 is 0. The molecule has 0 bridgehead atoms. The summed E-state index contributed by atoms with van der Waals surface area (Å²) in [7, 11) is 0. The highest BCUT2D eigenvalue weighted by atomic mass is 16.2. The van der Waals surface area contributed by atoms with E-state index < -0.39 is 0 Å². The molecular formula is C9H18N2O. The number of rotatable bonds is 5. The highest BCUT2D eigenvalue weighted by molar-refractivity contribution is 5.81. The van der Waals surface area contributed by atoms with Gasteiger partial charge in [-0.2, -0.15) is 0 Å². The number of allylic oxidation sites excluding steroid dienone is 1. The van der Waals surface area contributed by atoms with Crippen LogP contribution in [-0.2, 0) is 4.79 Å². The lowest BCUT2D eigenvalue weighted by molar-refractivity contribution is -0.122. The van der Waals surface area contributed by atoms with Gasteiger partial charge in [0, 0.05) is 6.54 Å². The van der Waals surface area contributed by atoms with Gasteiger partial charge in [-0.1, -0.05) is 19.1 Å². The summed E-state index contributed by atoms with van der Waals surface area (Å²) in [5, 5.41) is 2.75. The Labute approximate surface area is 74.0 Å². The SMILES string of the molecule is C/C=C/CCNC(=O)[C@@H](N)CC. The largest absolute Gasteiger partial charge is 0.354 e. The predicted molar refractivity (Wildman–Crippen MR) is 50.7 cm³/mol. The van der Waals surface area contributed by atoms with Crippen molar-refractivity contribution >= 4 is 5.91 Å². The van der Waals surface area contributed by atoms with E-state index in [1.165, 1.54) is 0 Å². The van der Waals surface area contributed by atoms with Crippen molar-refractivity contribution in [2.75, 3.05) is 6.54 Å². The summed E-state index contributed by atoms with van der Waals surface area (Å²) in [4.78, 5) is 11.1. The second kappa shape index (κ2) is 6.85. The fraction of sp³-hybridized carbons (Fsp3) is 0.667. The lowest BCUT2D eigenvalue weighted by Gasteiger charge is -2.08. The van der Waals surface area contributed by atoms with E-state index in [1.807, 2.05) is 26.0 Å². The molecule has 0 aromatic rings. The van der Waals surface area contributed by atoms with Crippen LogP contribution in [0.4, 0.5) is 0 Å². The monoisotopic (exact) mass is 170 g/mol. The number of hydrogen-bond acceptors (Lipinski definition) is 2. The van der Waals surface area contributed by atoms with Gasteiger partial charge in [0.15, 0.2) is 0 Å². The van der Waals surface area contributed by atoms with Crippen molar-refractivity contribution in [3.8, 4) is 0 Å². The Morgan fingerprint density at radius 2 is 2.33 bits per heavy atom. The molecule has 0 heterocycles. The van der Waals surface area contributed by atoms with Crippen LogP contribution in [0.5, 0.6) is 0 Å². The molecule has 0 aliphatic heterocycles. The van der Waals surface area contributed by atoms with Crippen molar-refractivity contribution in [3.05, 3.63) is 12.2 Å². The first-order valence-corrected chi connectivity index (χ1v) is 4.36. The first-order valence-electron chi connectivity index (χ1n) is 4.36. The maximum Gasteiger partial charge on any atom is 0.236 e. The van der Waals surface area contributed by atoms with Crippen molar-refractivity contribution in [1.29, 1.82) is 0 Å². The van der Waals surface area contributed by atoms with Crippen LogP contribution in [0.3, 0.4) is 0 Å². The molecule has 0 aromatic carbocycles. The van der Waals surface area contributed by atoms with Gasteiger partial charge < -0.3 is 11.1 Å². The predicted octanol–water partition coefficient (Wildman–Crippen LogP) is 0.806. The van der Waals surface area contributed by atoms with Crippen molar-refractivity contribution < 1.29 is 4.79 Å². The molecule has 3 heteroatoms. The van der Waals surface area contributed by atoms with E-state index in [0.29, 0.717) is 13.0 Å². The second-order valence-corrected chi connectivity index (χ2v) is 2.66. The van der Waals surface area contributed by atoms with Crippen LogP contribution in [0.1, 0.15) is 26.7 Å². The maximum absolute atomic E-state index is 11.1. The molecule has 0 aliphatic carbocycles. The molecule has 3 nitrogen and oxygen atoms in total. The summed E-state index contributed by atoms with van der Waals surface area (Å²) in [6.45, 7) is 4.53. The zero-order valence-electron chi connectivity index (χ0n) is 7.84. The molecule has 0 aliphatic rings. The number of carbonyl (C=O) groups is 1. The number of hydrogen-bond donors (Lipinski definition) is 2. The van der Waals surface area contributed by atoms with Crippen molar-refractivity contribution in [3.63, 3.8) is 0 Å². The van der Waals surface area contributed by atoms with Gasteiger partial charge in [-0.15, -0.1) is 0 Å². The Morgan fingerprint density at radius 1 is 1.67 bits per heavy atom.